The molecule has 1 N–H and O–H groups in total. The second-order valence-electron chi connectivity index (χ2n) is 8.93. The van der Waals surface area contributed by atoms with Crippen LogP contribution < -0.4 is 15.1 Å². The molecule has 0 bridgehead atoms. The fraction of sp³-hybridized carbons (Fsp3) is 0.400. The molecule has 1 atom stereocenters. The SMILES string of the molecule is CN1C(=O)C2CCC(=O)N2c2ccc(C(=O)NC3CCN(Cc4ccccc4)CC3)cc21. The molecule has 3 amide bonds. The first-order valence-corrected chi connectivity index (χ1v) is 11.3. The Balaban J connectivity index is 1.23. The van der Waals surface area contributed by atoms with Gasteiger partial charge in [0, 0.05) is 44.7 Å². The number of likely N-dealkylation sites (tertiary alicyclic amines) is 1. The second kappa shape index (κ2) is 8.39. The van der Waals surface area contributed by atoms with E-state index in [1.807, 2.05) is 6.07 Å². The Hall–Kier alpha value is -3.19. The quantitative estimate of drug-likeness (QED) is 0.806. The summed E-state index contributed by atoms with van der Waals surface area (Å²) in [5.74, 6) is -0.256. The number of piperidine rings is 1. The summed E-state index contributed by atoms with van der Waals surface area (Å²) in [7, 11) is 1.71. The van der Waals surface area contributed by atoms with E-state index in [1.165, 1.54) is 5.56 Å². The third kappa shape index (κ3) is 3.77. The second-order valence-corrected chi connectivity index (χ2v) is 8.93. The molecule has 0 radical (unpaired) electrons. The highest BCUT2D eigenvalue weighted by Crippen LogP contribution is 2.40. The number of carbonyl (C=O) groups excluding carboxylic acids is 3. The van der Waals surface area contributed by atoms with E-state index in [9.17, 15) is 14.4 Å². The predicted octanol–water partition coefficient (Wildman–Crippen LogP) is 2.55. The zero-order chi connectivity index (χ0) is 22.2. The normalized spacial score (nSPS) is 21.5. The summed E-state index contributed by atoms with van der Waals surface area (Å²) < 4.78 is 0. The topological polar surface area (TPSA) is 73.0 Å². The van der Waals surface area contributed by atoms with Crippen molar-refractivity contribution in [2.75, 3.05) is 29.9 Å². The number of hydrogen-bond donors (Lipinski definition) is 1. The van der Waals surface area contributed by atoms with Gasteiger partial charge in [0.05, 0.1) is 11.4 Å². The molecule has 7 nitrogen and oxygen atoms in total. The van der Waals surface area contributed by atoms with Crippen LogP contribution in [0, 0.1) is 0 Å². The number of anilines is 2. The van der Waals surface area contributed by atoms with Crippen LogP contribution in [-0.2, 0) is 16.1 Å². The van der Waals surface area contributed by atoms with E-state index in [4.69, 9.17) is 0 Å². The molecule has 0 aromatic heterocycles. The van der Waals surface area contributed by atoms with Gasteiger partial charge in [-0.25, -0.2) is 0 Å². The van der Waals surface area contributed by atoms with Crippen LogP contribution in [0.5, 0.6) is 0 Å². The maximum absolute atomic E-state index is 12.9. The Bertz CT molecular complexity index is 1050. The molecular formula is C25H28N4O3. The molecule has 2 aromatic rings. The zero-order valence-electron chi connectivity index (χ0n) is 18.3. The Morgan fingerprint density at radius 2 is 1.75 bits per heavy atom. The maximum atomic E-state index is 12.9. The molecule has 2 saturated heterocycles. The Kier molecular flexibility index (Phi) is 5.43. The van der Waals surface area contributed by atoms with Crippen molar-refractivity contribution in [2.45, 2.75) is 44.3 Å². The number of rotatable bonds is 4. The molecular weight excluding hydrogens is 404 g/mol. The molecule has 2 fully saturated rings. The molecule has 1 unspecified atom stereocenters. The van der Waals surface area contributed by atoms with Gasteiger partial charge >= 0.3 is 0 Å². The summed E-state index contributed by atoms with van der Waals surface area (Å²) in [6, 6.07) is 15.4. The first-order valence-electron chi connectivity index (χ1n) is 11.3. The molecule has 0 saturated carbocycles. The average molecular weight is 433 g/mol. The standard InChI is InChI=1S/C25H28N4O3/c1-27-22-15-18(7-8-20(22)29-21(25(27)32)9-10-23(29)30)24(31)26-19-11-13-28(14-12-19)16-17-5-3-2-4-6-17/h2-8,15,19,21H,9-14,16H2,1H3,(H,26,31). The van der Waals surface area contributed by atoms with E-state index < -0.39 is 6.04 Å². The van der Waals surface area contributed by atoms with Crippen LogP contribution in [0.2, 0.25) is 0 Å². The third-order valence-corrected chi connectivity index (χ3v) is 6.86. The molecule has 0 aliphatic carbocycles. The summed E-state index contributed by atoms with van der Waals surface area (Å²) in [6.07, 6.45) is 2.75. The van der Waals surface area contributed by atoms with Crippen LogP contribution in [0.1, 0.15) is 41.6 Å². The van der Waals surface area contributed by atoms with Crippen LogP contribution in [0.4, 0.5) is 11.4 Å². The minimum atomic E-state index is -0.416. The fourth-order valence-corrected chi connectivity index (χ4v) is 5.04. The summed E-state index contributed by atoms with van der Waals surface area (Å²) in [6.45, 7) is 2.82. The molecule has 0 spiro atoms. The first kappa shape index (κ1) is 20.7. The van der Waals surface area contributed by atoms with Crippen LogP contribution in [0.3, 0.4) is 0 Å². The first-order chi connectivity index (χ1) is 15.5. The van der Waals surface area contributed by atoms with Gasteiger partial charge in [-0.2, -0.15) is 0 Å². The van der Waals surface area contributed by atoms with Crippen molar-refractivity contribution in [1.29, 1.82) is 0 Å². The lowest BCUT2D eigenvalue weighted by Crippen LogP contribution is -2.50. The van der Waals surface area contributed by atoms with Crippen molar-refractivity contribution in [3.8, 4) is 0 Å². The molecule has 3 aliphatic heterocycles. The highest BCUT2D eigenvalue weighted by atomic mass is 16.2. The molecule has 5 rings (SSSR count). The maximum Gasteiger partial charge on any atom is 0.251 e. The van der Waals surface area contributed by atoms with Crippen molar-refractivity contribution in [3.63, 3.8) is 0 Å². The van der Waals surface area contributed by atoms with Crippen LogP contribution in [0.15, 0.2) is 48.5 Å². The Labute approximate surface area is 188 Å². The minimum absolute atomic E-state index is 0.0304. The van der Waals surface area contributed by atoms with Gasteiger partial charge in [-0.1, -0.05) is 30.3 Å². The number of hydrogen-bond acceptors (Lipinski definition) is 4. The number of nitrogens with one attached hydrogen (secondary N) is 1. The van der Waals surface area contributed by atoms with Gasteiger partial charge in [0.15, 0.2) is 0 Å². The van der Waals surface area contributed by atoms with Gasteiger partial charge in [0.25, 0.3) is 5.91 Å². The number of amides is 3. The molecule has 32 heavy (non-hydrogen) atoms. The Morgan fingerprint density at radius 3 is 2.50 bits per heavy atom. The summed E-state index contributed by atoms with van der Waals surface area (Å²) in [4.78, 5) is 43.6. The lowest BCUT2D eigenvalue weighted by molar-refractivity contribution is -0.122. The van der Waals surface area contributed by atoms with Gasteiger partial charge in [-0.3, -0.25) is 24.2 Å². The van der Waals surface area contributed by atoms with E-state index in [1.54, 1.807) is 35.0 Å². The van der Waals surface area contributed by atoms with E-state index in [0.717, 1.165) is 32.5 Å². The van der Waals surface area contributed by atoms with Crippen molar-refractivity contribution < 1.29 is 14.4 Å². The molecule has 3 aliphatic rings. The minimum Gasteiger partial charge on any atom is -0.349 e. The molecule has 7 heteroatoms. The van der Waals surface area contributed by atoms with Crippen molar-refractivity contribution >= 4 is 29.1 Å². The zero-order valence-corrected chi connectivity index (χ0v) is 18.3. The highest BCUT2D eigenvalue weighted by Gasteiger charge is 2.44. The number of likely N-dealkylation sites (N-methyl/N-ethyl adjacent to an activating group) is 1. The van der Waals surface area contributed by atoms with E-state index in [2.05, 4.69) is 34.5 Å². The Morgan fingerprint density at radius 1 is 1.00 bits per heavy atom. The highest BCUT2D eigenvalue weighted by molar-refractivity contribution is 6.15. The molecule has 3 heterocycles. The van der Waals surface area contributed by atoms with Crippen LogP contribution in [0.25, 0.3) is 0 Å². The van der Waals surface area contributed by atoms with Gasteiger partial charge in [0.2, 0.25) is 11.8 Å². The summed E-state index contributed by atoms with van der Waals surface area (Å²) >= 11 is 0. The van der Waals surface area contributed by atoms with Gasteiger partial charge in [-0.05, 0) is 43.0 Å². The predicted molar refractivity (Wildman–Crippen MR) is 123 cm³/mol. The summed E-state index contributed by atoms with van der Waals surface area (Å²) in [5, 5.41) is 3.16. The van der Waals surface area contributed by atoms with Crippen molar-refractivity contribution in [3.05, 3.63) is 59.7 Å². The van der Waals surface area contributed by atoms with Gasteiger partial charge < -0.3 is 10.2 Å². The van der Waals surface area contributed by atoms with E-state index in [-0.39, 0.29) is 23.8 Å². The number of nitrogens with zero attached hydrogens (tertiary/aromatic N) is 3. The van der Waals surface area contributed by atoms with E-state index in [0.29, 0.717) is 29.8 Å². The average Bonchev–Trinajstić information content (AvgIpc) is 3.21. The number of benzene rings is 2. The monoisotopic (exact) mass is 432 g/mol. The van der Waals surface area contributed by atoms with Crippen molar-refractivity contribution in [2.24, 2.45) is 0 Å². The van der Waals surface area contributed by atoms with Gasteiger partial charge in [-0.15, -0.1) is 0 Å². The summed E-state index contributed by atoms with van der Waals surface area (Å²) in [5.41, 5.74) is 3.15. The lowest BCUT2D eigenvalue weighted by atomic mass is 10.0. The number of fused-ring (bicyclic) bond motifs is 3. The van der Waals surface area contributed by atoms with Gasteiger partial charge in [0.1, 0.15) is 6.04 Å². The van der Waals surface area contributed by atoms with Crippen molar-refractivity contribution in [1.82, 2.24) is 10.2 Å². The fourth-order valence-electron chi connectivity index (χ4n) is 5.04. The number of carbonyl (C=O) groups is 3. The van der Waals surface area contributed by atoms with E-state index >= 15 is 0 Å². The largest absolute Gasteiger partial charge is 0.349 e. The lowest BCUT2D eigenvalue weighted by Gasteiger charge is -2.36. The molecule has 2 aromatic carbocycles. The van der Waals surface area contributed by atoms with Crippen LogP contribution >= 0.6 is 0 Å². The smallest absolute Gasteiger partial charge is 0.251 e. The third-order valence-electron chi connectivity index (χ3n) is 6.86. The van der Waals surface area contributed by atoms with Crippen LogP contribution in [-0.4, -0.2) is 54.8 Å². The molecule has 166 valence electrons.